The highest BCUT2D eigenvalue weighted by molar-refractivity contribution is 5.95. The standard InChI is InChI=1S/C28H34FN5O3/c1-37-14-6-13-34-25-11-3-2-10-24(25)31-26(34)20-8-5-12-32(16-20)28(36)22-17-33(18-23(22)30)27(35)19-7-4-9-21(29)15-19/h2-4,7,9-11,15,20,22-23H,5-6,8,12-14,16-18,30H2,1H3/t20-,22-,23-/m1/s1. The second-order valence-electron chi connectivity index (χ2n) is 10.1. The number of methoxy groups -OCH3 is 1. The van der Waals surface area contributed by atoms with Crippen LogP contribution < -0.4 is 5.73 Å². The van der Waals surface area contributed by atoms with Gasteiger partial charge >= 0.3 is 0 Å². The van der Waals surface area contributed by atoms with Gasteiger partial charge in [-0.15, -0.1) is 0 Å². The van der Waals surface area contributed by atoms with Crippen molar-refractivity contribution in [1.29, 1.82) is 0 Å². The van der Waals surface area contributed by atoms with Crippen LogP contribution in [0.4, 0.5) is 4.39 Å². The molecule has 0 saturated carbocycles. The van der Waals surface area contributed by atoms with Crippen molar-refractivity contribution in [2.75, 3.05) is 39.9 Å². The number of carbonyl (C=O) groups is 2. The quantitative estimate of drug-likeness (QED) is 0.496. The summed E-state index contributed by atoms with van der Waals surface area (Å²) in [5.74, 6) is -0.129. The number of benzene rings is 2. The number of hydrogen-bond donors (Lipinski definition) is 1. The van der Waals surface area contributed by atoms with E-state index in [2.05, 4.69) is 10.6 Å². The summed E-state index contributed by atoms with van der Waals surface area (Å²) in [6.45, 7) is 3.24. The van der Waals surface area contributed by atoms with E-state index in [0.717, 1.165) is 42.7 Å². The molecule has 3 heterocycles. The van der Waals surface area contributed by atoms with E-state index in [9.17, 15) is 14.0 Å². The largest absolute Gasteiger partial charge is 0.385 e. The van der Waals surface area contributed by atoms with Crippen molar-refractivity contribution in [3.8, 4) is 0 Å². The third-order valence-electron chi connectivity index (χ3n) is 7.55. The maximum absolute atomic E-state index is 13.6. The first kappa shape index (κ1) is 25.4. The van der Waals surface area contributed by atoms with E-state index < -0.39 is 17.8 Å². The number of amides is 2. The van der Waals surface area contributed by atoms with Crippen LogP contribution in [0, 0.1) is 11.7 Å². The molecular weight excluding hydrogens is 473 g/mol. The zero-order valence-corrected chi connectivity index (χ0v) is 21.2. The average Bonchev–Trinajstić information content (AvgIpc) is 3.49. The van der Waals surface area contributed by atoms with E-state index in [1.807, 2.05) is 23.1 Å². The van der Waals surface area contributed by atoms with E-state index in [1.165, 1.54) is 18.2 Å². The second-order valence-corrected chi connectivity index (χ2v) is 10.1. The Morgan fingerprint density at radius 2 is 1.95 bits per heavy atom. The second kappa shape index (κ2) is 11.0. The lowest BCUT2D eigenvalue weighted by atomic mass is 9.94. The summed E-state index contributed by atoms with van der Waals surface area (Å²) in [5.41, 5.74) is 8.70. The number of rotatable bonds is 7. The molecule has 2 fully saturated rings. The molecule has 37 heavy (non-hydrogen) atoms. The van der Waals surface area contributed by atoms with E-state index in [-0.39, 0.29) is 36.4 Å². The lowest BCUT2D eigenvalue weighted by molar-refractivity contribution is -0.136. The molecule has 3 aromatic rings. The summed E-state index contributed by atoms with van der Waals surface area (Å²) < 4.78 is 21.2. The molecule has 0 bridgehead atoms. The molecule has 5 rings (SSSR count). The Balaban J connectivity index is 1.30. The SMILES string of the molecule is COCCCn1c([C@@H]2CCCN(C(=O)[C@@H]3CN(C(=O)c4cccc(F)c4)C[C@H]3N)C2)nc2ccccc21. The van der Waals surface area contributed by atoms with Crippen molar-refractivity contribution in [2.24, 2.45) is 11.7 Å². The molecule has 1 aromatic heterocycles. The van der Waals surface area contributed by atoms with Gasteiger partial charge in [-0.1, -0.05) is 18.2 Å². The first-order chi connectivity index (χ1) is 18.0. The molecule has 2 amide bonds. The number of halogens is 1. The number of hydrogen-bond acceptors (Lipinski definition) is 5. The lowest BCUT2D eigenvalue weighted by Crippen LogP contribution is -2.47. The number of piperidine rings is 1. The number of likely N-dealkylation sites (tertiary alicyclic amines) is 2. The summed E-state index contributed by atoms with van der Waals surface area (Å²) in [7, 11) is 1.71. The molecule has 2 aliphatic rings. The number of nitrogens with two attached hydrogens (primary N) is 1. The molecule has 3 atom stereocenters. The van der Waals surface area contributed by atoms with Gasteiger partial charge in [0.1, 0.15) is 11.6 Å². The van der Waals surface area contributed by atoms with Gasteiger partial charge in [0.05, 0.1) is 17.0 Å². The molecule has 0 radical (unpaired) electrons. The van der Waals surface area contributed by atoms with Crippen molar-refractivity contribution >= 4 is 22.8 Å². The number of ether oxygens (including phenoxy) is 1. The highest BCUT2D eigenvalue weighted by Crippen LogP contribution is 2.31. The minimum Gasteiger partial charge on any atom is -0.385 e. The predicted octanol–water partition coefficient (Wildman–Crippen LogP) is 3.02. The predicted molar refractivity (Wildman–Crippen MR) is 139 cm³/mol. The van der Waals surface area contributed by atoms with Gasteiger partial charge in [0.25, 0.3) is 5.91 Å². The molecule has 2 N–H and O–H groups in total. The summed E-state index contributed by atoms with van der Waals surface area (Å²) in [5, 5.41) is 0. The number of para-hydroxylation sites is 2. The highest BCUT2D eigenvalue weighted by Gasteiger charge is 2.41. The van der Waals surface area contributed by atoms with Crippen LogP contribution in [-0.4, -0.2) is 77.1 Å². The molecule has 0 unspecified atom stereocenters. The molecule has 2 aromatic carbocycles. The van der Waals surface area contributed by atoms with Gasteiger partial charge in [0, 0.05) is 64.0 Å². The van der Waals surface area contributed by atoms with Gasteiger partial charge in [0.2, 0.25) is 5.91 Å². The lowest BCUT2D eigenvalue weighted by Gasteiger charge is -2.35. The van der Waals surface area contributed by atoms with Crippen molar-refractivity contribution in [3.63, 3.8) is 0 Å². The van der Waals surface area contributed by atoms with Crippen LogP contribution in [0.3, 0.4) is 0 Å². The van der Waals surface area contributed by atoms with Crippen LogP contribution >= 0.6 is 0 Å². The molecule has 9 heteroatoms. The Morgan fingerprint density at radius 3 is 2.76 bits per heavy atom. The first-order valence-electron chi connectivity index (χ1n) is 13.0. The van der Waals surface area contributed by atoms with E-state index in [1.54, 1.807) is 18.1 Å². The summed E-state index contributed by atoms with van der Waals surface area (Å²) in [6, 6.07) is 13.3. The minimum absolute atomic E-state index is 0.0196. The van der Waals surface area contributed by atoms with Gasteiger partial charge in [-0.2, -0.15) is 0 Å². The van der Waals surface area contributed by atoms with Gasteiger partial charge in [0.15, 0.2) is 0 Å². The number of aromatic nitrogens is 2. The number of imidazole rings is 1. The van der Waals surface area contributed by atoms with Gasteiger partial charge in [-0.05, 0) is 49.6 Å². The van der Waals surface area contributed by atoms with Crippen LogP contribution in [0.25, 0.3) is 11.0 Å². The Labute approximate surface area is 216 Å². The zero-order chi connectivity index (χ0) is 25.9. The summed E-state index contributed by atoms with van der Waals surface area (Å²) in [4.78, 5) is 35.0. The Kier molecular flexibility index (Phi) is 7.53. The normalized spacial score (nSPS) is 22.1. The van der Waals surface area contributed by atoms with Gasteiger partial charge < -0.3 is 24.8 Å². The summed E-state index contributed by atoms with van der Waals surface area (Å²) in [6.07, 6.45) is 2.72. The Bertz CT molecular complexity index is 1280. The molecular formula is C28H34FN5O3. The van der Waals surface area contributed by atoms with Crippen molar-refractivity contribution < 1.29 is 18.7 Å². The number of carbonyl (C=O) groups excluding carboxylic acids is 2. The third kappa shape index (κ3) is 5.24. The molecule has 2 aliphatic heterocycles. The maximum atomic E-state index is 13.6. The monoisotopic (exact) mass is 507 g/mol. The smallest absolute Gasteiger partial charge is 0.254 e. The minimum atomic E-state index is -0.475. The molecule has 8 nitrogen and oxygen atoms in total. The fourth-order valence-corrected chi connectivity index (χ4v) is 5.69. The van der Waals surface area contributed by atoms with Crippen molar-refractivity contribution in [1.82, 2.24) is 19.4 Å². The molecule has 0 aliphatic carbocycles. The molecule has 2 saturated heterocycles. The fourth-order valence-electron chi connectivity index (χ4n) is 5.69. The van der Waals surface area contributed by atoms with Crippen molar-refractivity contribution in [2.45, 2.75) is 37.8 Å². The Morgan fingerprint density at radius 1 is 1.11 bits per heavy atom. The number of fused-ring (bicyclic) bond motifs is 1. The Hall–Kier alpha value is -3.30. The van der Waals surface area contributed by atoms with Crippen molar-refractivity contribution in [3.05, 3.63) is 65.7 Å². The van der Waals surface area contributed by atoms with Gasteiger partial charge in [-0.3, -0.25) is 9.59 Å². The van der Waals surface area contributed by atoms with Crippen LogP contribution in [0.1, 0.15) is 41.4 Å². The van der Waals surface area contributed by atoms with Crippen LogP contribution in [0.15, 0.2) is 48.5 Å². The third-order valence-corrected chi connectivity index (χ3v) is 7.55. The number of aryl methyl sites for hydroxylation is 1. The maximum Gasteiger partial charge on any atom is 0.254 e. The van der Waals surface area contributed by atoms with Crippen LogP contribution in [0.5, 0.6) is 0 Å². The molecule has 196 valence electrons. The summed E-state index contributed by atoms with van der Waals surface area (Å²) >= 11 is 0. The first-order valence-corrected chi connectivity index (χ1v) is 13.0. The zero-order valence-electron chi connectivity index (χ0n) is 21.2. The molecule has 0 spiro atoms. The van der Waals surface area contributed by atoms with Crippen LogP contribution in [-0.2, 0) is 16.1 Å². The average molecular weight is 508 g/mol. The fraction of sp³-hybridized carbons (Fsp3) is 0.464. The topological polar surface area (TPSA) is 93.7 Å². The number of nitrogens with zero attached hydrogens (tertiary/aromatic N) is 4. The van der Waals surface area contributed by atoms with E-state index in [0.29, 0.717) is 19.7 Å². The van der Waals surface area contributed by atoms with E-state index >= 15 is 0 Å². The van der Waals surface area contributed by atoms with E-state index in [4.69, 9.17) is 15.5 Å². The van der Waals surface area contributed by atoms with Gasteiger partial charge in [-0.25, -0.2) is 9.37 Å². The highest BCUT2D eigenvalue weighted by atomic mass is 19.1. The van der Waals surface area contributed by atoms with Crippen LogP contribution in [0.2, 0.25) is 0 Å².